The first-order chi connectivity index (χ1) is 4.43. The summed E-state index contributed by atoms with van der Waals surface area (Å²) in [4.78, 5) is 0. The Morgan fingerprint density at radius 2 is 1.89 bits per heavy atom. The van der Waals surface area contributed by atoms with E-state index in [-0.39, 0.29) is 0 Å². The zero-order valence-corrected chi connectivity index (χ0v) is 6.56. The van der Waals surface area contributed by atoms with E-state index in [1.54, 1.807) is 0 Å². The topological polar surface area (TPSA) is 12.0 Å². The monoisotopic (exact) mass is 185 g/mol. The van der Waals surface area contributed by atoms with E-state index in [2.05, 4.69) is 21.2 Å². The fourth-order valence-corrected chi connectivity index (χ4v) is 0.957. The lowest BCUT2D eigenvalue weighted by Gasteiger charge is -1.98. The number of alkyl halides is 1. The van der Waals surface area contributed by atoms with E-state index in [4.69, 9.17) is 0 Å². The highest BCUT2D eigenvalue weighted by Crippen LogP contribution is 2.04. The SMILES string of the molecule is BrCNc1ccccc1. The van der Waals surface area contributed by atoms with Crippen LogP contribution in [0.4, 0.5) is 5.69 Å². The van der Waals surface area contributed by atoms with Crippen molar-refractivity contribution >= 4 is 21.6 Å². The van der Waals surface area contributed by atoms with Gasteiger partial charge in [0.15, 0.2) is 0 Å². The zero-order chi connectivity index (χ0) is 6.53. The second-order valence-electron chi connectivity index (χ2n) is 1.68. The van der Waals surface area contributed by atoms with Crippen LogP contribution < -0.4 is 5.32 Å². The van der Waals surface area contributed by atoms with Gasteiger partial charge in [-0.2, -0.15) is 0 Å². The Hall–Kier alpha value is -0.500. The van der Waals surface area contributed by atoms with Crippen LogP contribution in [0.25, 0.3) is 0 Å². The molecule has 0 aromatic heterocycles. The van der Waals surface area contributed by atoms with Crippen LogP contribution in [-0.4, -0.2) is 5.45 Å². The van der Waals surface area contributed by atoms with Crippen LogP contribution in [0.1, 0.15) is 0 Å². The van der Waals surface area contributed by atoms with Crippen molar-refractivity contribution in [2.75, 3.05) is 10.8 Å². The van der Waals surface area contributed by atoms with Crippen LogP contribution in [0, 0.1) is 0 Å². The molecule has 1 rings (SSSR count). The standard InChI is InChI=1S/C7H8BrN/c8-6-9-7-4-2-1-3-5-7/h1-5,9H,6H2. The van der Waals surface area contributed by atoms with Crippen LogP contribution in [0.2, 0.25) is 0 Å². The summed E-state index contributed by atoms with van der Waals surface area (Å²) in [5, 5.41) is 3.12. The predicted octanol–water partition coefficient (Wildman–Crippen LogP) is 2.45. The highest BCUT2D eigenvalue weighted by molar-refractivity contribution is 9.09. The molecule has 1 nitrogen and oxygen atoms in total. The quantitative estimate of drug-likeness (QED) is 0.552. The maximum atomic E-state index is 3.27. The second kappa shape index (κ2) is 3.51. The number of hydrogen-bond donors (Lipinski definition) is 1. The van der Waals surface area contributed by atoms with Crippen molar-refractivity contribution < 1.29 is 0 Å². The number of benzene rings is 1. The largest absolute Gasteiger partial charge is 0.375 e. The van der Waals surface area contributed by atoms with Crippen molar-refractivity contribution in [2.45, 2.75) is 0 Å². The summed E-state index contributed by atoms with van der Waals surface area (Å²) in [5.74, 6) is 0. The van der Waals surface area contributed by atoms with E-state index in [1.165, 1.54) is 0 Å². The minimum absolute atomic E-state index is 0.803. The van der Waals surface area contributed by atoms with Gasteiger partial charge in [0.1, 0.15) is 0 Å². The van der Waals surface area contributed by atoms with E-state index in [1.807, 2.05) is 30.3 Å². The van der Waals surface area contributed by atoms with Crippen molar-refractivity contribution in [3.63, 3.8) is 0 Å². The van der Waals surface area contributed by atoms with Gasteiger partial charge in [0, 0.05) is 5.69 Å². The minimum Gasteiger partial charge on any atom is -0.375 e. The van der Waals surface area contributed by atoms with Crippen LogP contribution >= 0.6 is 15.9 Å². The molecule has 1 aromatic carbocycles. The molecule has 0 amide bonds. The molecule has 0 fully saturated rings. The van der Waals surface area contributed by atoms with Gasteiger partial charge >= 0.3 is 0 Å². The molecule has 0 aliphatic heterocycles. The van der Waals surface area contributed by atoms with Crippen LogP contribution in [0.15, 0.2) is 30.3 Å². The molecule has 2 heteroatoms. The minimum atomic E-state index is 0.803. The molecule has 1 aromatic rings. The highest BCUT2D eigenvalue weighted by atomic mass is 79.9. The first-order valence-electron chi connectivity index (χ1n) is 2.78. The van der Waals surface area contributed by atoms with Gasteiger partial charge in [-0.3, -0.25) is 0 Å². The normalized spacial score (nSPS) is 9.00. The van der Waals surface area contributed by atoms with E-state index in [9.17, 15) is 0 Å². The summed E-state index contributed by atoms with van der Waals surface area (Å²) in [6, 6.07) is 10.1. The van der Waals surface area contributed by atoms with E-state index in [0.717, 1.165) is 11.1 Å². The summed E-state index contributed by atoms with van der Waals surface area (Å²) in [5.41, 5.74) is 1.95. The number of anilines is 1. The summed E-state index contributed by atoms with van der Waals surface area (Å²) in [7, 11) is 0. The molecular weight excluding hydrogens is 178 g/mol. The number of rotatable bonds is 2. The lowest BCUT2D eigenvalue weighted by molar-refractivity contribution is 1.48. The molecule has 1 N–H and O–H groups in total. The Kier molecular flexibility index (Phi) is 2.58. The average Bonchev–Trinajstić information content (AvgIpc) is 1.91. The molecular formula is C7H8BrN. The fraction of sp³-hybridized carbons (Fsp3) is 0.143. The summed E-state index contributed by atoms with van der Waals surface area (Å²) in [6.07, 6.45) is 0. The van der Waals surface area contributed by atoms with Gasteiger partial charge in [0.05, 0.1) is 5.45 Å². The average molecular weight is 186 g/mol. The van der Waals surface area contributed by atoms with Crippen molar-refractivity contribution in [3.8, 4) is 0 Å². The van der Waals surface area contributed by atoms with Crippen molar-refractivity contribution in [2.24, 2.45) is 0 Å². The van der Waals surface area contributed by atoms with Crippen LogP contribution in [-0.2, 0) is 0 Å². The molecule has 0 aliphatic rings. The van der Waals surface area contributed by atoms with Gasteiger partial charge in [-0.1, -0.05) is 34.1 Å². The number of para-hydroxylation sites is 1. The molecule has 0 saturated carbocycles. The molecule has 0 bridgehead atoms. The van der Waals surface area contributed by atoms with Crippen molar-refractivity contribution in [1.82, 2.24) is 0 Å². The number of hydrogen-bond acceptors (Lipinski definition) is 1. The first kappa shape index (κ1) is 6.62. The summed E-state index contributed by atoms with van der Waals surface area (Å²) in [6.45, 7) is 0. The summed E-state index contributed by atoms with van der Waals surface area (Å²) < 4.78 is 0. The van der Waals surface area contributed by atoms with E-state index < -0.39 is 0 Å². The third-order valence-electron chi connectivity index (χ3n) is 1.04. The molecule has 0 unspecified atom stereocenters. The predicted molar refractivity (Wildman–Crippen MR) is 43.9 cm³/mol. The van der Waals surface area contributed by atoms with E-state index >= 15 is 0 Å². The Balaban J connectivity index is 2.61. The lowest BCUT2D eigenvalue weighted by Crippen LogP contribution is -1.91. The second-order valence-corrected chi connectivity index (χ2v) is 2.24. The lowest BCUT2D eigenvalue weighted by atomic mass is 10.3. The van der Waals surface area contributed by atoms with Gasteiger partial charge in [0.25, 0.3) is 0 Å². The third kappa shape index (κ3) is 2.06. The van der Waals surface area contributed by atoms with Gasteiger partial charge in [0.2, 0.25) is 0 Å². The molecule has 0 saturated heterocycles. The Morgan fingerprint density at radius 3 is 2.44 bits per heavy atom. The summed E-state index contributed by atoms with van der Waals surface area (Å²) >= 11 is 3.27. The Bertz CT molecular complexity index is 162. The van der Waals surface area contributed by atoms with Crippen molar-refractivity contribution in [1.29, 1.82) is 0 Å². The molecule has 0 spiro atoms. The van der Waals surface area contributed by atoms with Gasteiger partial charge in [-0.05, 0) is 12.1 Å². The Morgan fingerprint density at radius 1 is 1.22 bits per heavy atom. The molecule has 9 heavy (non-hydrogen) atoms. The molecule has 0 radical (unpaired) electrons. The fourth-order valence-electron chi connectivity index (χ4n) is 0.633. The van der Waals surface area contributed by atoms with Crippen LogP contribution in [0.5, 0.6) is 0 Å². The smallest absolute Gasteiger partial charge is 0.0707 e. The van der Waals surface area contributed by atoms with Gasteiger partial charge in [-0.15, -0.1) is 0 Å². The van der Waals surface area contributed by atoms with Gasteiger partial charge < -0.3 is 5.32 Å². The van der Waals surface area contributed by atoms with Crippen molar-refractivity contribution in [3.05, 3.63) is 30.3 Å². The third-order valence-corrected chi connectivity index (χ3v) is 1.33. The molecule has 0 heterocycles. The van der Waals surface area contributed by atoms with Gasteiger partial charge in [-0.25, -0.2) is 0 Å². The maximum Gasteiger partial charge on any atom is 0.0707 e. The molecule has 0 aliphatic carbocycles. The van der Waals surface area contributed by atoms with Crippen LogP contribution in [0.3, 0.4) is 0 Å². The van der Waals surface area contributed by atoms with E-state index in [0.29, 0.717) is 0 Å². The number of nitrogens with one attached hydrogen (secondary N) is 1. The maximum absolute atomic E-state index is 3.27. The molecule has 48 valence electrons. The highest BCUT2D eigenvalue weighted by Gasteiger charge is 1.82. The molecule has 0 atom stereocenters. The zero-order valence-electron chi connectivity index (χ0n) is 4.97. The number of halogens is 1. The Labute approximate surface area is 63.2 Å². The first-order valence-corrected chi connectivity index (χ1v) is 3.90.